The highest BCUT2D eigenvalue weighted by Gasteiger charge is 2.04. The quantitative estimate of drug-likeness (QED) is 0.765. The van der Waals surface area contributed by atoms with Crippen molar-refractivity contribution in [3.63, 3.8) is 0 Å². The molecule has 2 aromatic rings. The molecule has 2 rings (SSSR count). The Labute approximate surface area is 133 Å². The summed E-state index contributed by atoms with van der Waals surface area (Å²) in [5, 5.41) is 4.19. The molecule has 0 unspecified atom stereocenters. The van der Waals surface area contributed by atoms with Gasteiger partial charge in [-0.2, -0.15) is 0 Å². The van der Waals surface area contributed by atoms with E-state index in [4.69, 9.17) is 16.3 Å². The first-order valence-electron chi connectivity index (χ1n) is 6.54. The van der Waals surface area contributed by atoms with Gasteiger partial charge in [-0.25, -0.2) is 0 Å². The van der Waals surface area contributed by atoms with E-state index in [0.29, 0.717) is 19.8 Å². The summed E-state index contributed by atoms with van der Waals surface area (Å²) in [5.74, 6) is 0. The standard InChI is InChI=1S/C16H17BrClNO/c1-2-20-11-12-5-3-4-6-16(12)19-10-13-9-14(17)7-8-15(13)18/h3-9,19H,2,10-11H2,1H3. The first kappa shape index (κ1) is 15.4. The molecule has 2 aromatic carbocycles. The highest BCUT2D eigenvalue weighted by molar-refractivity contribution is 9.10. The van der Waals surface area contributed by atoms with Crippen LogP contribution in [0.2, 0.25) is 5.02 Å². The normalized spacial score (nSPS) is 10.6. The largest absolute Gasteiger partial charge is 0.381 e. The van der Waals surface area contributed by atoms with E-state index >= 15 is 0 Å². The smallest absolute Gasteiger partial charge is 0.0736 e. The van der Waals surface area contributed by atoms with Crippen LogP contribution in [0.3, 0.4) is 0 Å². The second-order valence-corrected chi connectivity index (χ2v) is 5.71. The minimum Gasteiger partial charge on any atom is -0.381 e. The van der Waals surface area contributed by atoms with Gasteiger partial charge < -0.3 is 10.1 Å². The molecule has 0 aliphatic heterocycles. The summed E-state index contributed by atoms with van der Waals surface area (Å²) in [6.45, 7) is 4.01. The third kappa shape index (κ3) is 4.23. The Morgan fingerprint density at radius 3 is 2.75 bits per heavy atom. The van der Waals surface area contributed by atoms with Crippen LogP contribution in [0.25, 0.3) is 0 Å². The molecule has 0 fully saturated rings. The van der Waals surface area contributed by atoms with Crippen molar-refractivity contribution in [2.75, 3.05) is 11.9 Å². The van der Waals surface area contributed by atoms with Gasteiger partial charge in [0.15, 0.2) is 0 Å². The average molecular weight is 355 g/mol. The molecule has 20 heavy (non-hydrogen) atoms. The van der Waals surface area contributed by atoms with Gasteiger partial charge in [-0.1, -0.05) is 45.7 Å². The highest BCUT2D eigenvalue weighted by Crippen LogP contribution is 2.23. The number of para-hydroxylation sites is 1. The molecule has 0 saturated carbocycles. The molecule has 0 aliphatic rings. The summed E-state index contributed by atoms with van der Waals surface area (Å²) in [6.07, 6.45) is 0. The summed E-state index contributed by atoms with van der Waals surface area (Å²) in [6, 6.07) is 14.0. The van der Waals surface area contributed by atoms with E-state index in [9.17, 15) is 0 Å². The van der Waals surface area contributed by atoms with Gasteiger partial charge in [0.05, 0.1) is 6.61 Å². The van der Waals surface area contributed by atoms with Gasteiger partial charge in [0.25, 0.3) is 0 Å². The van der Waals surface area contributed by atoms with Gasteiger partial charge >= 0.3 is 0 Å². The average Bonchev–Trinajstić information content (AvgIpc) is 2.47. The number of anilines is 1. The van der Waals surface area contributed by atoms with Crippen LogP contribution >= 0.6 is 27.5 Å². The lowest BCUT2D eigenvalue weighted by Gasteiger charge is -2.13. The van der Waals surface area contributed by atoms with Crippen LogP contribution < -0.4 is 5.32 Å². The fourth-order valence-corrected chi connectivity index (χ4v) is 2.49. The molecule has 2 nitrogen and oxygen atoms in total. The number of benzene rings is 2. The lowest BCUT2D eigenvalue weighted by atomic mass is 10.1. The summed E-state index contributed by atoms with van der Waals surface area (Å²) >= 11 is 9.67. The first-order valence-corrected chi connectivity index (χ1v) is 7.71. The molecule has 1 N–H and O–H groups in total. The monoisotopic (exact) mass is 353 g/mol. The molecule has 0 saturated heterocycles. The maximum atomic E-state index is 6.20. The van der Waals surface area contributed by atoms with Gasteiger partial charge in [-0.15, -0.1) is 0 Å². The summed E-state index contributed by atoms with van der Waals surface area (Å²) in [4.78, 5) is 0. The molecular formula is C16H17BrClNO. The fraction of sp³-hybridized carbons (Fsp3) is 0.250. The van der Waals surface area contributed by atoms with E-state index in [1.165, 1.54) is 0 Å². The van der Waals surface area contributed by atoms with Crippen LogP contribution in [0.1, 0.15) is 18.1 Å². The Morgan fingerprint density at radius 1 is 1.15 bits per heavy atom. The number of nitrogens with one attached hydrogen (secondary N) is 1. The van der Waals surface area contributed by atoms with Crippen molar-refractivity contribution in [2.24, 2.45) is 0 Å². The van der Waals surface area contributed by atoms with Crippen LogP contribution in [-0.2, 0) is 17.9 Å². The van der Waals surface area contributed by atoms with Crippen molar-refractivity contribution >= 4 is 33.2 Å². The highest BCUT2D eigenvalue weighted by atomic mass is 79.9. The van der Waals surface area contributed by atoms with Crippen molar-refractivity contribution in [3.8, 4) is 0 Å². The third-order valence-corrected chi connectivity index (χ3v) is 3.82. The maximum Gasteiger partial charge on any atom is 0.0736 e. The molecule has 0 bridgehead atoms. The predicted octanol–water partition coefficient (Wildman–Crippen LogP) is 5.25. The molecule has 0 aromatic heterocycles. The van der Waals surface area contributed by atoms with Crippen LogP contribution in [0.5, 0.6) is 0 Å². The summed E-state index contributed by atoms with van der Waals surface area (Å²) < 4.78 is 6.51. The molecule has 0 spiro atoms. The van der Waals surface area contributed by atoms with Crippen molar-refractivity contribution in [3.05, 3.63) is 63.1 Å². The Balaban J connectivity index is 2.08. The Kier molecular flexibility index (Phi) is 5.89. The molecule has 0 heterocycles. The van der Waals surface area contributed by atoms with E-state index in [2.05, 4.69) is 33.4 Å². The van der Waals surface area contributed by atoms with Gasteiger partial charge in [0.1, 0.15) is 0 Å². The van der Waals surface area contributed by atoms with Crippen LogP contribution in [-0.4, -0.2) is 6.61 Å². The van der Waals surface area contributed by atoms with Crippen molar-refractivity contribution in [2.45, 2.75) is 20.1 Å². The number of hydrogen-bond acceptors (Lipinski definition) is 2. The van der Waals surface area contributed by atoms with Gasteiger partial charge in [-0.3, -0.25) is 0 Å². The molecular weight excluding hydrogens is 338 g/mol. The molecule has 0 atom stereocenters. The van der Waals surface area contributed by atoms with Gasteiger partial charge in [0.2, 0.25) is 0 Å². The molecule has 0 radical (unpaired) electrons. The van der Waals surface area contributed by atoms with Crippen LogP contribution in [0, 0.1) is 0 Å². The zero-order valence-electron chi connectivity index (χ0n) is 11.3. The molecule has 106 valence electrons. The Morgan fingerprint density at radius 2 is 1.95 bits per heavy atom. The van der Waals surface area contributed by atoms with Crippen LogP contribution in [0.15, 0.2) is 46.9 Å². The minimum atomic E-state index is 0.617. The lowest BCUT2D eigenvalue weighted by Crippen LogP contribution is -2.04. The maximum absolute atomic E-state index is 6.20. The lowest BCUT2D eigenvalue weighted by molar-refractivity contribution is 0.134. The van der Waals surface area contributed by atoms with E-state index in [1.807, 2.05) is 37.3 Å². The third-order valence-electron chi connectivity index (χ3n) is 2.96. The Bertz CT molecular complexity index is 574. The van der Waals surface area contributed by atoms with E-state index in [0.717, 1.165) is 26.3 Å². The van der Waals surface area contributed by atoms with Crippen molar-refractivity contribution in [1.82, 2.24) is 0 Å². The molecule has 0 amide bonds. The number of halogens is 2. The second kappa shape index (κ2) is 7.67. The summed E-state index contributed by atoms with van der Waals surface area (Å²) in [5.41, 5.74) is 3.30. The zero-order chi connectivity index (χ0) is 14.4. The fourth-order valence-electron chi connectivity index (χ4n) is 1.90. The van der Waals surface area contributed by atoms with E-state index < -0.39 is 0 Å². The Hall–Kier alpha value is -1.03. The second-order valence-electron chi connectivity index (χ2n) is 4.38. The van der Waals surface area contributed by atoms with Gasteiger partial charge in [-0.05, 0) is 36.8 Å². The predicted molar refractivity (Wildman–Crippen MR) is 88.3 cm³/mol. The first-order chi connectivity index (χ1) is 9.70. The number of rotatable bonds is 6. The van der Waals surface area contributed by atoms with E-state index in [-0.39, 0.29) is 0 Å². The minimum absolute atomic E-state index is 0.617. The zero-order valence-corrected chi connectivity index (χ0v) is 13.7. The SMILES string of the molecule is CCOCc1ccccc1NCc1cc(Br)ccc1Cl. The van der Waals surface area contributed by atoms with Crippen LogP contribution in [0.4, 0.5) is 5.69 Å². The number of hydrogen-bond donors (Lipinski definition) is 1. The topological polar surface area (TPSA) is 21.3 Å². The summed E-state index contributed by atoms with van der Waals surface area (Å²) in [7, 11) is 0. The number of ether oxygens (including phenoxy) is 1. The van der Waals surface area contributed by atoms with Crippen molar-refractivity contribution in [1.29, 1.82) is 0 Å². The van der Waals surface area contributed by atoms with E-state index in [1.54, 1.807) is 0 Å². The molecule has 0 aliphatic carbocycles. The molecule has 4 heteroatoms. The van der Waals surface area contributed by atoms with Crippen molar-refractivity contribution < 1.29 is 4.74 Å². The van der Waals surface area contributed by atoms with Gasteiger partial charge in [0, 0.05) is 33.9 Å².